The number of pyridine rings is 1. The number of carboxylic acid groups (broad SMARTS) is 1. The summed E-state index contributed by atoms with van der Waals surface area (Å²) in [5.74, 6) is 3.50. The highest BCUT2D eigenvalue weighted by atomic mass is 32.2. The van der Waals surface area contributed by atoms with Crippen molar-refractivity contribution < 1.29 is 19.1 Å². The Hall–Kier alpha value is -2.73. The lowest BCUT2D eigenvalue weighted by atomic mass is 10.1. The van der Waals surface area contributed by atoms with Crippen LogP contribution in [0.3, 0.4) is 0 Å². The highest BCUT2D eigenvalue weighted by Crippen LogP contribution is 2.46. The van der Waals surface area contributed by atoms with E-state index in [9.17, 15) is 19.5 Å². The summed E-state index contributed by atoms with van der Waals surface area (Å²) in [7, 11) is 0. The lowest BCUT2D eigenvalue weighted by Crippen LogP contribution is -2.49. The molecule has 9 nitrogen and oxygen atoms in total. The van der Waals surface area contributed by atoms with E-state index < -0.39 is 17.2 Å². The van der Waals surface area contributed by atoms with Crippen molar-refractivity contribution in [2.75, 3.05) is 36.8 Å². The number of benzene rings is 1. The van der Waals surface area contributed by atoms with E-state index in [1.165, 1.54) is 23.5 Å². The lowest BCUT2D eigenvalue weighted by Gasteiger charge is -2.37. The normalized spacial score (nSPS) is 18.5. The molecule has 2 aliphatic rings. The van der Waals surface area contributed by atoms with Crippen molar-refractivity contribution in [1.82, 2.24) is 9.47 Å². The third kappa shape index (κ3) is 3.81. The molecule has 0 spiro atoms. The number of piperazine rings is 1. The van der Waals surface area contributed by atoms with Gasteiger partial charge in [0.1, 0.15) is 11.4 Å². The molecule has 32 heavy (non-hydrogen) atoms. The number of nitrogens with zero attached hydrogens (tertiary/aromatic N) is 4. The van der Waals surface area contributed by atoms with Crippen molar-refractivity contribution >= 4 is 57.0 Å². The average Bonchev–Trinajstić information content (AvgIpc) is 2.76. The number of aromatic nitrogens is 1. The van der Waals surface area contributed by atoms with Gasteiger partial charge in [-0.2, -0.15) is 5.10 Å². The summed E-state index contributed by atoms with van der Waals surface area (Å²) in [6, 6.07) is 2.75. The Morgan fingerprint density at radius 2 is 2.00 bits per heavy atom. The number of fused-ring (bicyclic) bond motifs is 3. The molecule has 4 rings (SSSR count). The summed E-state index contributed by atoms with van der Waals surface area (Å²) in [6.07, 6.45) is 0. The van der Waals surface area contributed by atoms with Crippen molar-refractivity contribution in [3.8, 4) is 0 Å². The van der Waals surface area contributed by atoms with E-state index in [1.54, 1.807) is 22.5 Å². The molecule has 3 heterocycles. The molecule has 1 aromatic heterocycles. The zero-order valence-corrected chi connectivity index (χ0v) is 19.1. The van der Waals surface area contributed by atoms with Crippen LogP contribution in [-0.4, -0.2) is 63.4 Å². The second kappa shape index (κ2) is 8.66. The Morgan fingerprint density at radius 1 is 1.31 bits per heavy atom. The number of aromatic carboxylic acids is 1. The van der Waals surface area contributed by atoms with Gasteiger partial charge in [0, 0.05) is 31.6 Å². The first-order valence-electron chi connectivity index (χ1n) is 9.94. The van der Waals surface area contributed by atoms with Crippen molar-refractivity contribution in [2.45, 2.75) is 24.2 Å². The number of carbonyl (C=O) groups excluding carboxylic acids is 1. The smallest absolute Gasteiger partial charge is 0.342 e. The Kier molecular flexibility index (Phi) is 6.08. The fraction of sp³-hybridized carbons (Fsp3) is 0.400. The van der Waals surface area contributed by atoms with Gasteiger partial charge in [0.2, 0.25) is 11.3 Å². The van der Waals surface area contributed by atoms with E-state index >= 15 is 4.39 Å². The molecule has 2 aliphatic heterocycles. The van der Waals surface area contributed by atoms with Crippen molar-refractivity contribution in [3.05, 3.63) is 33.7 Å². The van der Waals surface area contributed by atoms with E-state index in [0.29, 0.717) is 47.5 Å². The molecule has 0 bridgehead atoms. The Bertz CT molecular complexity index is 1210. The fourth-order valence-corrected chi connectivity index (χ4v) is 5.70. The number of thioether (sulfide) groups is 2. The van der Waals surface area contributed by atoms with Crippen LogP contribution in [-0.2, 0) is 4.79 Å². The monoisotopic (exact) mass is 479 g/mol. The molecule has 1 unspecified atom stereocenters. The lowest BCUT2D eigenvalue weighted by molar-refractivity contribution is -0.128. The maximum atomic E-state index is 15.0. The molecule has 1 saturated heterocycles. The second-order valence-corrected chi connectivity index (χ2v) is 10.00. The van der Waals surface area contributed by atoms with Gasteiger partial charge in [-0.05, 0) is 26.0 Å². The third-order valence-corrected chi connectivity index (χ3v) is 7.74. The molecule has 1 amide bonds. The topological polar surface area (TPSA) is 121 Å². The summed E-state index contributed by atoms with van der Waals surface area (Å²) in [6.45, 7) is 5.40. The standard InChI is InChI=1S/C20H22FN5O4S2/c1-10(23-22)31-9-16(27)25-5-3-24(4-6-25)15-8-14-12(7-13(15)21)18(28)17(20(29)30)19-26(14)11(2)32-19/h7-8,11H,3-6,9,22H2,1-2H3,(H,29,30)/b23-10+. The summed E-state index contributed by atoms with van der Waals surface area (Å²) < 4.78 is 16.8. The fourth-order valence-electron chi connectivity index (χ4n) is 3.96. The van der Waals surface area contributed by atoms with Crippen LogP contribution in [0, 0.1) is 5.82 Å². The molecule has 0 saturated carbocycles. The van der Waals surface area contributed by atoms with Gasteiger partial charge in [-0.25, -0.2) is 9.18 Å². The van der Waals surface area contributed by atoms with Gasteiger partial charge in [0.05, 0.1) is 32.4 Å². The first-order chi connectivity index (χ1) is 15.2. The minimum Gasteiger partial charge on any atom is -0.477 e. The zero-order valence-electron chi connectivity index (χ0n) is 17.5. The molecular formula is C20H22FN5O4S2. The molecule has 1 atom stereocenters. The highest BCUT2D eigenvalue weighted by molar-refractivity contribution is 8.14. The number of hydrazone groups is 1. The minimum absolute atomic E-state index is 0.0310. The number of halogens is 1. The molecule has 3 N–H and O–H groups in total. The highest BCUT2D eigenvalue weighted by Gasteiger charge is 2.33. The number of carbonyl (C=O) groups is 2. The molecule has 170 valence electrons. The summed E-state index contributed by atoms with van der Waals surface area (Å²) >= 11 is 2.58. The van der Waals surface area contributed by atoms with E-state index in [1.807, 2.05) is 11.8 Å². The number of amides is 1. The van der Waals surface area contributed by atoms with Gasteiger partial charge < -0.3 is 25.3 Å². The van der Waals surface area contributed by atoms with Crippen molar-refractivity contribution in [1.29, 1.82) is 0 Å². The first-order valence-corrected chi connectivity index (χ1v) is 11.8. The predicted molar refractivity (Wildman–Crippen MR) is 124 cm³/mol. The van der Waals surface area contributed by atoms with Gasteiger partial charge in [0.25, 0.3) is 0 Å². The van der Waals surface area contributed by atoms with Gasteiger partial charge in [-0.15, -0.1) is 0 Å². The number of hydrogen-bond acceptors (Lipinski definition) is 8. The number of carboxylic acids is 1. The van der Waals surface area contributed by atoms with Crippen LogP contribution < -0.4 is 16.2 Å². The third-order valence-electron chi connectivity index (χ3n) is 5.65. The largest absolute Gasteiger partial charge is 0.477 e. The summed E-state index contributed by atoms with van der Waals surface area (Å²) in [4.78, 5) is 40.3. The number of anilines is 1. The van der Waals surface area contributed by atoms with Crippen molar-refractivity contribution in [3.63, 3.8) is 0 Å². The molecule has 2 aromatic rings. The second-order valence-electron chi connectivity index (χ2n) is 7.53. The average molecular weight is 480 g/mol. The van der Waals surface area contributed by atoms with Gasteiger partial charge in [0.15, 0.2) is 0 Å². The SMILES string of the molecule is C/C(=N\N)SCC(=O)N1CCN(c2cc3c(cc2F)c(=O)c(C(=O)O)c2n3C(C)S2)CC1. The molecule has 1 aromatic carbocycles. The molecule has 12 heteroatoms. The minimum atomic E-state index is -1.31. The van der Waals surface area contributed by atoms with E-state index in [4.69, 9.17) is 5.84 Å². The number of hydrogen-bond donors (Lipinski definition) is 2. The van der Waals surface area contributed by atoms with Gasteiger partial charge >= 0.3 is 5.97 Å². The Balaban J connectivity index is 1.60. The molecule has 0 radical (unpaired) electrons. The van der Waals surface area contributed by atoms with Crippen molar-refractivity contribution in [2.24, 2.45) is 10.9 Å². The Morgan fingerprint density at radius 3 is 2.59 bits per heavy atom. The molecular weight excluding hydrogens is 457 g/mol. The first kappa shape index (κ1) is 22.5. The van der Waals surface area contributed by atoms with Crippen LogP contribution in [0.25, 0.3) is 10.9 Å². The molecule has 0 aliphatic carbocycles. The number of rotatable bonds is 4. The van der Waals surface area contributed by atoms with Crippen LogP contribution in [0.2, 0.25) is 0 Å². The number of nitrogens with two attached hydrogens (primary N) is 1. The van der Waals surface area contributed by atoms with Gasteiger partial charge in [-0.1, -0.05) is 23.5 Å². The van der Waals surface area contributed by atoms with Gasteiger partial charge in [-0.3, -0.25) is 9.59 Å². The van der Waals surface area contributed by atoms with Crippen LogP contribution in [0.4, 0.5) is 10.1 Å². The van der Waals surface area contributed by atoms with Crippen LogP contribution in [0.15, 0.2) is 27.1 Å². The Labute approximate surface area is 191 Å². The van der Waals surface area contributed by atoms with E-state index in [-0.39, 0.29) is 28.0 Å². The van der Waals surface area contributed by atoms with Crippen LogP contribution in [0.5, 0.6) is 0 Å². The summed E-state index contributed by atoms with van der Waals surface area (Å²) in [5.41, 5.74) is -0.129. The van der Waals surface area contributed by atoms with Crippen LogP contribution >= 0.6 is 23.5 Å². The zero-order chi connectivity index (χ0) is 23.2. The molecule has 1 fully saturated rings. The van der Waals surface area contributed by atoms with E-state index in [0.717, 1.165) is 6.07 Å². The van der Waals surface area contributed by atoms with E-state index in [2.05, 4.69) is 5.10 Å². The predicted octanol–water partition coefficient (Wildman–Crippen LogP) is 2.14. The summed E-state index contributed by atoms with van der Waals surface area (Å²) in [5, 5.41) is 14.0. The quantitative estimate of drug-likeness (QED) is 0.296. The maximum Gasteiger partial charge on any atom is 0.342 e. The maximum absolute atomic E-state index is 15.0. The van der Waals surface area contributed by atoms with Crippen LogP contribution in [0.1, 0.15) is 29.6 Å².